The maximum absolute atomic E-state index is 6.17. The Morgan fingerprint density at radius 3 is 2.79 bits per heavy atom. The summed E-state index contributed by atoms with van der Waals surface area (Å²) in [5.41, 5.74) is 1.24. The molecule has 1 aromatic carbocycles. The predicted molar refractivity (Wildman–Crippen MR) is 78.5 cm³/mol. The van der Waals surface area contributed by atoms with Crippen LogP contribution in [0.5, 0.6) is 5.75 Å². The van der Waals surface area contributed by atoms with Crippen molar-refractivity contribution >= 4 is 15.9 Å². The number of rotatable bonds is 2. The molecule has 0 saturated carbocycles. The van der Waals surface area contributed by atoms with Gasteiger partial charge in [-0.2, -0.15) is 0 Å². The van der Waals surface area contributed by atoms with Gasteiger partial charge in [0.1, 0.15) is 11.9 Å². The molecular weight excluding hydrogens is 306 g/mol. The maximum atomic E-state index is 6.17. The number of ether oxygens (including phenoxy) is 2. The van der Waals surface area contributed by atoms with Crippen molar-refractivity contribution in [3.63, 3.8) is 0 Å². The van der Waals surface area contributed by atoms with Gasteiger partial charge in [-0.05, 0) is 45.0 Å². The second-order valence-corrected chi connectivity index (χ2v) is 6.39. The van der Waals surface area contributed by atoms with Gasteiger partial charge in [0.25, 0.3) is 0 Å². The lowest BCUT2D eigenvalue weighted by Gasteiger charge is -2.35. The molecule has 2 aliphatic rings. The topological polar surface area (TPSA) is 30.5 Å². The first-order valence-electron chi connectivity index (χ1n) is 6.96. The number of nitrogens with one attached hydrogen (secondary N) is 1. The van der Waals surface area contributed by atoms with Crippen molar-refractivity contribution in [1.29, 1.82) is 0 Å². The average molecular weight is 326 g/mol. The Kier molecular flexibility index (Phi) is 3.83. The van der Waals surface area contributed by atoms with Crippen molar-refractivity contribution < 1.29 is 9.47 Å². The minimum atomic E-state index is 0.163. The van der Waals surface area contributed by atoms with Crippen LogP contribution >= 0.6 is 15.9 Å². The standard InChI is InChI=1S/C15H20BrNO2/c1-9-3-5-14(18-9)15-8-12(17-2)11-7-10(16)4-6-13(11)19-15/h4,6-7,9,12,14-15,17H,3,5,8H2,1-2H3. The highest BCUT2D eigenvalue weighted by Gasteiger charge is 2.36. The SMILES string of the molecule is CNC1CC(C2CCC(C)O2)Oc2ccc(Br)cc21. The molecule has 3 rings (SSSR count). The van der Waals surface area contributed by atoms with Crippen molar-refractivity contribution in [2.45, 2.75) is 50.5 Å². The summed E-state index contributed by atoms with van der Waals surface area (Å²) in [6.07, 6.45) is 3.99. The molecule has 104 valence electrons. The van der Waals surface area contributed by atoms with E-state index in [1.807, 2.05) is 19.2 Å². The van der Waals surface area contributed by atoms with Gasteiger partial charge in [-0.15, -0.1) is 0 Å². The summed E-state index contributed by atoms with van der Waals surface area (Å²) >= 11 is 3.53. The molecule has 2 aliphatic heterocycles. The van der Waals surface area contributed by atoms with E-state index in [4.69, 9.17) is 9.47 Å². The molecule has 19 heavy (non-hydrogen) atoms. The molecule has 4 atom stereocenters. The first kappa shape index (κ1) is 13.4. The molecule has 4 heteroatoms. The highest BCUT2D eigenvalue weighted by molar-refractivity contribution is 9.10. The Bertz CT molecular complexity index is 465. The van der Waals surface area contributed by atoms with Crippen molar-refractivity contribution in [3.8, 4) is 5.75 Å². The fourth-order valence-electron chi connectivity index (χ4n) is 3.08. The fourth-order valence-corrected chi connectivity index (χ4v) is 3.46. The molecule has 0 spiro atoms. The Balaban J connectivity index is 1.83. The molecule has 3 nitrogen and oxygen atoms in total. The highest BCUT2D eigenvalue weighted by atomic mass is 79.9. The van der Waals surface area contributed by atoms with Crippen molar-refractivity contribution in [1.82, 2.24) is 5.32 Å². The van der Waals surface area contributed by atoms with Crippen LogP contribution in [-0.2, 0) is 4.74 Å². The van der Waals surface area contributed by atoms with Gasteiger partial charge < -0.3 is 14.8 Å². The molecule has 2 heterocycles. The smallest absolute Gasteiger partial charge is 0.127 e. The molecular formula is C15H20BrNO2. The van der Waals surface area contributed by atoms with Crippen LogP contribution in [0.1, 0.15) is 37.8 Å². The number of fused-ring (bicyclic) bond motifs is 1. The van der Waals surface area contributed by atoms with E-state index in [1.165, 1.54) is 5.56 Å². The number of hydrogen-bond acceptors (Lipinski definition) is 3. The quantitative estimate of drug-likeness (QED) is 0.903. The molecule has 0 amide bonds. The molecule has 1 aromatic rings. The Hall–Kier alpha value is -0.580. The normalized spacial score (nSPS) is 33.8. The van der Waals surface area contributed by atoms with Crippen molar-refractivity contribution in [2.75, 3.05) is 7.05 Å². The minimum absolute atomic E-state index is 0.163. The van der Waals surface area contributed by atoms with Gasteiger partial charge in [-0.3, -0.25) is 0 Å². The van der Waals surface area contributed by atoms with E-state index < -0.39 is 0 Å². The maximum Gasteiger partial charge on any atom is 0.127 e. The molecule has 0 bridgehead atoms. The van der Waals surface area contributed by atoms with Crippen LogP contribution in [0.4, 0.5) is 0 Å². The van der Waals surface area contributed by atoms with E-state index in [1.54, 1.807) is 0 Å². The second-order valence-electron chi connectivity index (χ2n) is 5.48. The zero-order chi connectivity index (χ0) is 13.4. The summed E-state index contributed by atoms with van der Waals surface area (Å²) in [5, 5.41) is 3.40. The van der Waals surface area contributed by atoms with Gasteiger partial charge in [0, 0.05) is 22.5 Å². The van der Waals surface area contributed by atoms with E-state index >= 15 is 0 Å². The summed E-state index contributed by atoms with van der Waals surface area (Å²) in [6.45, 7) is 2.14. The van der Waals surface area contributed by atoms with Gasteiger partial charge >= 0.3 is 0 Å². The predicted octanol–water partition coefficient (Wildman–Crippen LogP) is 3.43. The van der Waals surface area contributed by atoms with Crippen LogP contribution in [0.25, 0.3) is 0 Å². The number of hydrogen-bond donors (Lipinski definition) is 1. The number of benzene rings is 1. The lowest BCUT2D eigenvalue weighted by atomic mass is 9.93. The Labute approximate surface area is 122 Å². The van der Waals surface area contributed by atoms with Crippen LogP contribution in [0.2, 0.25) is 0 Å². The van der Waals surface area contributed by atoms with Gasteiger partial charge in [0.15, 0.2) is 0 Å². The Morgan fingerprint density at radius 1 is 1.26 bits per heavy atom. The molecule has 1 saturated heterocycles. The Morgan fingerprint density at radius 2 is 2.11 bits per heavy atom. The first-order valence-corrected chi connectivity index (χ1v) is 7.75. The third-order valence-electron chi connectivity index (χ3n) is 4.12. The van der Waals surface area contributed by atoms with Crippen LogP contribution < -0.4 is 10.1 Å². The molecule has 1 N–H and O–H groups in total. The average Bonchev–Trinajstić information content (AvgIpc) is 2.84. The van der Waals surface area contributed by atoms with Crippen LogP contribution in [-0.4, -0.2) is 25.4 Å². The lowest BCUT2D eigenvalue weighted by molar-refractivity contribution is -0.0296. The van der Waals surface area contributed by atoms with Gasteiger partial charge in [0.2, 0.25) is 0 Å². The van der Waals surface area contributed by atoms with E-state index in [9.17, 15) is 0 Å². The molecule has 0 aromatic heterocycles. The molecule has 0 radical (unpaired) electrons. The van der Waals surface area contributed by atoms with Crippen LogP contribution in [0.15, 0.2) is 22.7 Å². The summed E-state index contributed by atoms with van der Waals surface area (Å²) in [6, 6.07) is 6.57. The van der Waals surface area contributed by atoms with E-state index in [2.05, 4.69) is 34.2 Å². The third-order valence-corrected chi connectivity index (χ3v) is 4.61. The summed E-state index contributed by atoms with van der Waals surface area (Å²) in [5.74, 6) is 0.988. The summed E-state index contributed by atoms with van der Waals surface area (Å²) < 4.78 is 13.2. The minimum Gasteiger partial charge on any atom is -0.487 e. The van der Waals surface area contributed by atoms with Crippen molar-refractivity contribution in [3.05, 3.63) is 28.2 Å². The van der Waals surface area contributed by atoms with Crippen LogP contribution in [0, 0.1) is 0 Å². The van der Waals surface area contributed by atoms with Crippen molar-refractivity contribution in [2.24, 2.45) is 0 Å². The van der Waals surface area contributed by atoms with E-state index in [0.717, 1.165) is 29.5 Å². The van der Waals surface area contributed by atoms with Gasteiger partial charge in [-0.1, -0.05) is 15.9 Å². The fraction of sp³-hybridized carbons (Fsp3) is 0.600. The monoisotopic (exact) mass is 325 g/mol. The largest absolute Gasteiger partial charge is 0.487 e. The molecule has 0 aliphatic carbocycles. The second kappa shape index (κ2) is 5.43. The zero-order valence-electron chi connectivity index (χ0n) is 11.4. The lowest BCUT2D eigenvalue weighted by Crippen LogP contribution is -2.39. The number of halogens is 1. The summed E-state index contributed by atoms with van der Waals surface area (Å²) in [4.78, 5) is 0. The molecule has 1 fully saturated rings. The zero-order valence-corrected chi connectivity index (χ0v) is 12.9. The first-order chi connectivity index (χ1) is 9.17. The summed E-state index contributed by atoms with van der Waals surface area (Å²) in [7, 11) is 2.01. The van der Waals surface area contributed by atoms with E-state index in [0.29, 0.717) is 12.1 Å². The van der Waals surface area contributed by atoms with E-state index in [-0.39, 0.29) is 12.2 Å². The van der Waals surface area contributed by atoms with Gasteiger partial charge in [-0.25, -0.2) is 0 Å². The molecule has 4 unspecified atom stereocenters. The third kappa shape index (κ3) is 2.67. The highest BCUT2D eigenvalue weighted by Crippen LogP contribution is 2.39. The van der Waals surface area contributed by atoms with Crippen LogP contribution in [0.3, 0.4) is 0 Å². The van der Waals surface area contributed by atoms with Gasteiger partial charge in [0.05, 0.1) is 12.2 Å².